The van der Waals surface area contributed by atoms with Crippen LogP contribution in [0.1, 0.15) is 0 Å². The molecule has 1 atom stereocenters. The average molecular weight is 152 g/mol. The lowest BCUT2D eigenvalue weighted by Gasteiger charge is -1.97. The number of hydrogen-bond donors (Lipinski definition) is 0. The summed E-state index contributed by atoms with van der Waals surface area (Å²) in [6.07, 6.45) is 2.18. The molecule has 7 heavy (non-hydrogen) atoms. The predicted molar refractivity (Wildman–Crippen MR) is 42.2 cm³/mol. The molecular weight excluding hydrogens is 144 g/mol. The van der Waals surface area contributed by atoms with Gasteiger partial charge in [0.05, 0.1) is 4.58 Å². The number of rotatable bonds is 1. The van der Waals surface area contributed by atoms with Crippen LogP contribution in [0, 0.1) is 0 Å². The molecule has 0 saturated carbocycles. The van der Waals surface area contributed by atoms with Gasteiger partial charge >= 0.3 is 0 Å². The highest BCUT2D eigenvalue weighted by Gasteiger charge is 2.12. The summed E-state index contributed by atoms with van der Waals surface area (Å²) < 4.78 is 0.894. The molecule has 1 unspecified atom stereocenters. The maximum absolute atomic E-state index is 2.18. The van der Waals surface area contributed by atoms with E-state index in [-0.39, 0.29) is 0 Å². The number of thioether (sulfide) groups is 3. The summed E-state index contributed by atoms with van der Waals surface area (Å²) >= 11 is 6.09. The average Bonchev–Trinajstić information content (AvgIpc) is 2.14. The molecule has 0 spiro atoms. The molecule has 1 rings (SSSR count). The Bertz CT molecular complexity index is 48.9. The van der Waals surface area contributed by atoms with Gasteiger partial charge in [-0.15, -0.1) is 23.5 Å². The molecule has 0 aromatic carbocycles. The van der Waals surface area contributed by atoms with Gasteiger partial charge in [-0.05, 0) is 6.26 Å². The zero-order valence-electron chi connectivity index (χ0n) is 4.22. The minimum atomic E-state index is 0.894. The predicted octanol–water partition coefficient (Wildman–Crippen LogP) is 2.11. The first-order valence-electron chi connectivity index (χ1n) is 2.15. The summed E-state index contributed by atoms with van der Waals surface area (Å²) in [7, 11) is 0. The molecule has 0 radical (unpaired) electrons. The maximum atomic E-state index is 2.18. The molecule has 1 fully saturated rings. The Hall–Kier alpha value is 1.05. The summed E-state index contributed by atoms with van der Waals surface area (Å²) in [6.45, 7) is 0. The fraction of sp³-hybridized carbons (Fsp3) is 1.00. The highest BCUT2D eigenvalue weighted by atomic mass is 32.2. The molecule has 1 saturated heterocycles. The molecule has 0 N–H and O–H groups in total. The standard InChI is InChI=1S/C4H8S3/c1-5-4-2-6-3-7-4/h4H,2-3H2,1H3. The Labute approximate surface area is 57.2 Å². The van der Waals surface area contributed by atoms with Gasteiger partial charge in [0, 0.05) is 10.8 Å². The second-order valence-electron chi connectivity index (χ2n) is 1.32. The van der Waals surface area contributed by atoms with Crippen molar-refractivity contribution in [2.24, 2.45) is 0 Å². The van der Waals surface area contributed by atoms with E-state index in [0.717, 1.165) is 4.58 Å². The van der Waals surface area contributed by atoms with Gasteiger partial charge in [0.2, 0.25) is 0 Å². The topological polar surface area (TPSA) is 0 Å². The van der Waals surface area contributed by atoms with E-state index in [1.165, 1.54) is 10.8 Å². The summed E-state index contributed by atoms with van der Waals surface area (Å²) in [6, 6.07) is 0. The third-order valence-corrected chi connectivity index (χ3v) is 5.27. The van der Waals surface area contributed by atoms with E-state index in [2.05, 4.69) is 18.0 Å². The van der Waals surface area contributed by atoms with Gasteiger partial charge in [-0.2, -0.15) is 11.8 Å². The van der Waals surface area contributed by atoms with Crippen molar-refractivity contribution >= 4 is 35.3 Å². The molecule has 0 bridgehead atoms. The number of hydrogen-bond acceptors (Lipinski definition) is 3. The van der Waals surface area contributed by atoms with E-state index >= 15 is 0 Å². The van der Waals surface area contributed by atoms with Crippen molar-refractivity contribution in [1.29, 1.82) is 0 Å². The Kier molecular flexibility index (Phi) is 2.78. The van der Waals surface area contributed by atoms with Crippen LogP contribution in [0.3, 0.4) is 0 Å². The smallest absolute Gasteiger partial charge is 0.0598 e. The fourth-order valence-electron chi connectivity index (χ4n) is 0.453. The van der Waals surface area contributed by atoms with Crippen LogP contribution in [0.15, 0.2) is 0 Å². The molecule has 0 aliphatic carbocycles. The van der Waals surface area contributed by atoms with E-state index in [1.54, 1.807) is 0 Å². The van der Waals surface area contributed by atoms with Crippen LogP contribution < -0.4 is 0 Å². The van der Waals surface area contributed by atoms with Crippen LogP contribution in [-0.2, 0) is 0 Å². The maximum Gasteiger partial charge on any atom is 0.0598 e. The first-order chi connectivity index (χ1) is 3.43. The molecule has 0 amide bonds. The fourth-order valence-corrected chi connectivity index (χ4v) is 4.57. The molecular formula is C4H8S3. The zero-order chi connectivity index (χ0) is 5.11. The third kappa shape index (κ3) is 1.78. The summed E-state index contributed by atoms with van der Waals surface area (Å²) in [5.74, 6) is 1.35. The van der Waals surface area contributed by atoms with E-state index < -0.39 is 0 Å². The van der Waals surface area contributed by atoms with Gasteiger partial charge in [0.25, 0.3) is 0 Å². The van der Waals surface area contributed by atoms with Crippen molar-refractivity contribution in [3.8, 4) is 0 Å². The van der Waals surface area contributed by atoms with E-state index in [9.17, 15) is 0 Å². The van der Waals surface area contributed by atoms with Gasteiger partial charge in [-0.25, -0.2) is 0 Å². The molecule has 0 aromatic heterocycles. The van der Waals surface area contributed by atoms with Crippen molar-refractivity contribution in [2.45, 2.75) is 4.58 Å². The van der Waals surface area contributed by atoms with Crippen LogP contribution in [0.5, 0.6) is 0 Å². The molecule has 0 nitrogen and oxygen atoms in total. The van der Waals surface area contributed by atoms with Gasteiger partial charge in [-0.3, -0.25) is 0 Å². The molecule has 1 aliphatic rings. The lowest BCUT2D eigenvalue weighted by molar-refractivity contribution is 1.48. The third-order valence-electron chi connectivity index (χ3n) is 0.854. The van der Waals surface area contributed by atoms with Crippen LogP contribution in [-0.4, -0.2) is 21.7 Å². The van der Waals surface area contributed by atoms with Crippen LogP contribution in [0.25, 0.3) is 0 Å². The molecule has 42 valence electrons. The quantitative estimate of drug-likeness (QED) is 0.565. The summed E-state index contributed by atoms with van der Waals surface area (Å²) in [4.78, 5) is 0. The monoisotopic (exact) mass is 152 g/mol. The van der Waals surface area contributed by atoms with E-state index in [4.69, 9.17) is 0 Å². The van der Waals surface area contributed by atoms with Crippen molar-refractivity contribution in [3.05, 3.63) is 0 Å². The van der Waals surface area contributed by atoms with Gasteiger partial charge < -0.3 is 0 Å². The van der Waals surface area contributed by atoms with Crippen molar-refractivity contribution < 1.29 is 0 Å². The second-order valence-corrected chi connectivity index (χ2v) is 5.25. The first kappa shape index (κ1) is 6.17. The molecule has 1 heterocycles. The largest absolute Gasteiger partial charge is 0.150 e. The lowest BCUT2D eigenvalue weighted by atomic mass is 10.9. The Morgan fingerprint density at radius 2 is 2.57 bits per heavy atom. The van der Waals surface area contributed by atoms with Crippen LogP contribution in [0.2, 0.25) is 0 Å². The summed E-state index contributed by atoms with van der Waals surface area (Å²) in [5, 5.41) is 1.31. The minimum absolute atomic E-state index is 0.894. The lowest BCUT2D eigenvalue weighted by Crippen LogP contribution is -1.89. The highest BCUT2D eigenvalue weighted by Crippen LogP contribution is 2.34. The second kappa shape index (κ2) is 3.15. The Morgan fingerprint density at radius 1 is 1.71 bits per heavy atom. The van der Waals surface area contributed by atoms with Crippen molar-refractivity contribution in [2.75, 3.05) is 17.1 Å². The Morgan fingerprint density at radius 3 is 2.86 bits per heavy atom. The first-order valence-corrected chi connectivity index (χ1v) is 5.65. The Balaban J connectivity index is 2.14. The molecule has 1 aliphatic heterocycles. The van der Waals surface area contributed by atoms with Crippen LogP contribution in [0.4, 0.5) is 0 Å². The molecule has 3 heteroatoms. The highest BCUT2D eigenvalue weighted by molar-refractivity contribution is 8.27. The van der Waals surface area contributed by atoms with Crippen molar-refractivity contribution in [1.82, 2.24) is 0 Å². The van der Waals surface area contributed by atoms with Crippen molar-refractivity contribution in [3.63, 3.8) is 0 Å². The molecule has 0 aromatic rings. The van der Waals surface area contributed by atoms with Gasteiger partial charge in [-0.1, -0.05) is 0 Å². The minimum Gasteiger partial charge on any atom is -0.150 e. The van der Waals surface area contributed by atoms with Crippen LogP contribution >= 0.6 is 35.3 Å². The van der Waals surface area contributed by atoms with E-state index in [1.807, 2.05) is 23.5 Å². The zero-order valence-corrected chi connectivity index (χ0v) is 6.67. The SMILES string of the molecule is CSC1CSCS1. The van der Waals surface area contributed by atoms with E-state index in [0.29, 0.717) is 0 Å². The van der Waals surface area contributed by atoms with Gasteiger partial charge in [0.15, 0.2) is 0 Å². The van der Waals surface area contributed by atoms with Gasteiger partial charge in [0.1, 0.15) is 0 Å². The summed E-state index contributed by atoms with van der Waals surface area (Å²) in [5.41, 5.74) is 0. The normalized spacial score (nSPS) is 31.3.